The summed E-state index contributed by atoms with van der Waals surface area (Å²) in [6, 6.07) is 9.28. The molecule has 106 valence electrons. The number of halogens is 1. The van der Waals surface area contributed by atoms with Gasteiger partial charge < -0.3 is 5.32 Å². The summed E-state index contributed by atoms with van der Waals surface area (Å²) in [7, 11) is 0. The lowest BCUT2D eigenvalue weighted by atomic mass is 9.69. The van der Waals surface area contributed by atoms with Crippen LogP contribution in [0.15, 0.2) is 28.7 Å². The lowest BCUT2D eigenvalue weighted by Gasteiger charge is -2.41. The van der Waals surface area contributed by atoms with E-state index in [2.05, 4.69) is 66.3 Å². The molecule has 1 aliphatic rings. The predicted octanol–water partition coefficient (Wildman–Crippen LogP) is 5.14. The molecule has 0 aromatic heterocycles. The summed E-state index contributed by atoms with van der Waals surface area (Å²) in [6.07, 6.45) is 5.48. The Hall–Kier alpha value is -0.340. The maximum Gasteiger partial charge on any atom is 0.0208 e. The zero-order valence-corrected chi connectivity index (χ0v) is 14.0. The fraction of sp³-hybridized carbons (Fsp3) is 0.647. The van der Waals surface area contributed by atoms with Gasteiger partial charge in [-0.2, -0.15) is 0 Å². The summed E-state index contributed by atoms with van der Waals surface area (Å²) in [5.74, 6) is 0.799. The smallest absolute Gasteiger partial charge is 0.0208 e. The van der Waals surface area contributed by atoms with Crippen molar-refractivity contribution in [1.29, 1.82) is 0 Å². The third-order valence-electron chi connectivity index (χ3n) is 4.34. The molecule has 0 radical (unpaired) electrons. The van der Waals surface area contributed by atoms with Gasteiger partial charge in [-0.15, -0.1) is 0 Å². The van der Waals surface area contributed by atoms with Gasteiger partial charge in [-0.05, 0) is 41.9 Å². The van der Waals surface area contributed by atoms with E-state index in [1.165, 1.54) is 35.7 Å². The highest BCUT2D eigenvalue weighted by Gasteiger charge is 2.33. The number of nitrogens with one attached hydrogen (secondary N) is 1. The van der Waals surface area contributed by atoms with Gasteiger partial charge in [0.1, 0.15) is 0 Å². The molecule has 1 aliphatic carbocycles. The summed E-state index contributed by atoms with van der Waals surface area (Å²) in [5, 5.41) is 3.80. The van der Waals surface area contributed by atoms with Crippen LogP contribution in [0, 0.1) is 11.3 Å². The summed E-state index contributed by atoms with van der Waals surface area (Å²) < 4.78 is 1.17. The van der Waals surface area contributed by atoms with E-state index in [9.17, 15) is 0 Å². The first kappa shape index (κ1) is 15.1. The van der Waals surface area contributed by atoms with E-state index in [0.29, 0.717) is 11.5 Å². The molecule has 0 amide bonds. The third-order valence-corrected chi connectivity index (χ3v) is 4.83. The first-order chi connectivity index (χ1) is 8.97. The van der Waals surface area contributed by atoms with Crippen LogP contribution in [0.25, 0.3) is 0 Å². The third kappa shape index (κ3) is 4.32. The average molecular weight is 324 g/mol. The molecular weight excluding hydrogens is 298 g/mol. The summed E-state index contributed by atoms with van der Waals surface area (Å²) in [5.41, 5.74) is 1.78. The number of benzene rings is 1. The monoisotopic (exact) mass is 323 g/mol. The normalized spacial score (nSPS) is 24.4. The molecule has 0 spiro atoms. The Labute approximate surface area is 126 Å². The molecule has 1 fully saturated rings. The van der Waals surface area contributed by atoms with Crippen molar-refractivity contribution in [2.24, 2.45) is 11.3 Å². The SMILES string of the molecule is CC(C)(C)C1CCCCC1NCc1cccc(Br)c1. The molecular formula is C17H26BrN. The fourth-order valence-electron chi connectivity index (χ4n) is 3.31. The lowest BCUT2D eigenvalue weighted by molar-refractivity contribution is 0.130. The van der Waals surface area contributed by atoms with Crippen molar-refractivity contribution < 1.29 is 0 Å². The van der Waals surface area contributed by atoms with Gasteiger partial charge in [-0.25, -0.2) is 0 Å². The molecule has 0 bridgehead atoms. The maximum atomic E-state index is 3.80. The van der Waals surface area contributed by atoms with Crippen LogP contribution in [0.5, 0.6) is 0 Å². The van der Waals surface area contributed by atoms with E-state index in [0.717, 1.165) is 12.5 Å². The van der Waals surface area contributed by atoms with Gasteiger partial charge in [-0.1, -0.05) is 61.7 Å². The Morgan fingerprint density at radius 3 is 2.63 bits per heavy atom. The van der Waals surface area contributed by atoms with Crippen molar-refractivity contribution in [3.63, 3.8) is 0 Å². The molecule has 0 aliphatic heterocycles. The zero-order chi connectivity index (χ0) is 13.9. The standard InChI is InChI=1S/C17H26BrN/c1-17(2,3)15-9-4-5-10-16(15)19-12-13-7-6-8-14(18)11-13/h6-8,11,15-16,19H,4-5,9-10,12H2,1-3H3. The molecule has 2 rings (SSSR count). The van der Waals surface area contributed by atoms with Gasteiger partial charge in [0.15, 0.2) is 0 Å². The second-order valence-corrected chi connectivity index (χ2v) is 7.79. The Balaban J connectivity index is 1.97. The highest BCUT2D eigenvalue weighted by Crippen LogP contribution is 2.38. The molecule has 0 saturated heterocycles. The molecule has 1 N–H and O–H groups in total. The molecule has 1 aromatic rings. The van der Waals surface area contributed by atoms with Crippen molar-refractivity contribution in [2.75, 3.05) is 0 Å². The zero-order valence-electron chi connectivity index (χ0n) is 12.4. The van der Waals surface area contributed by atoms with Crippen LogP contribution in [0.1, 0.15) is 52.0 Å². The molecule has 1 aromatic carbocycles. The highest BCUT2D eigenvalue weighted by molar-refractivity contribution is 9.10. The lowest BCUT2D eigenvalue weighted by Crippen LogP contribution is -2.43. The van der Waals surface area contributed by atoms with Crippen molar-refractivity contribution >= 4 is 15.9 Å². The largest absolute Gasteiger partial charge is 0.310 e. The van der Waals surface area contributed by atoms with Gasteiger partial charge in [-0.3, -0.25) is 0 Å². The van der Waals surface area contributed by atoms with Crippen molar-refractivity contribution in [1.82, 2.24) is 5.32 Å². The summed E-state index contributed by atoms with van der Waals surface area (Å²) in [4.78, 5) is 0. The first-order valence-corrected chi connectivity index (χ1v) is 8.24. The van der Waals surface area contributed by atoms with Crippen LogP contribution in [0.4, 0.5) is 0 Å². The Kier molecular flexibility index (Phi) is 5.08. The van der Waals surface area contributed by atoms with Gasteiger partial charge in [0.25, 0.3) is 0 Å². The molecule has 1 nitrogen and oxygen atoms in total. The van der Waals surface area contributed by atoms with Crippen LogP contribution in [-0.4, -0.2) is 6.04 Å². The van der Waals surface area contributed by atoms with Crippen LogP contribution in [0.3, 0.4) is 0 Å². The van der Waals surface area contributed by atoms with Crippen molar-refractivity contribution in [2.45, 2.75) is 59.0 Å². The Morgan fingerprint density at radius 2 is 1.95 bits per heavy atom. The molecule has 2 unspecified atom stereocenters. The molecule has 0 heterocycles. The van der Waals surface area contributed by atoms with Gasteiger partial charge in [0.2, 0.25) is 0 Å². The van der Waals surface area contributed by atoms with E-state index in [4.69, 9.17) is 0 Å². The van der Waals surface area contributed by atoms with Crippen molar-refractivity contribution in [3.05, 3.63) is 34.3 Å². The van der Waals surface area contributed by atoms with Crippen LogP contribution < -0.4 is 5.32 Å². The second kappa shape index (κ2) is 6.41. The molecule has 2 atom stereocenters. The van der Waals surface area contributed by atoms with E-state index in [1.807, 2.05) is 0 Å². The van der Waals surface area contributed by atoms with Crippen LogP contribution in [-0.2, 0) is 6.54 Å². The topological polar surface area (TPSA) is 12.0 Å². The predicted molar refractivity (Wildman–Crippen MR) is 86.2 cm³/mol. The summed E-state index contributed by atoms with van der Waals surface area (Å²) >= 11 is 3.54. The van der Waals surface area contributed by atoms with E-state index in [1.54, 1.807) is 0 Å². The highest BCUT2D eigenvalue weighted by atomic mass is 79.9. The van der Waals surface area contributed by atoms with Crippen molar-refractivity contribution in [3.8, 4) is 0 Å². The van der Waals surface area contributed by atoms with Gasteiger partial charge in [0, 0.05) is 17.1 Å². The van der Waals surface area contributed by atoms with Gasteiger partial charge in [0.05, 0.1) is 0 Å². The van der Waals surface area contributed by atoms with Gasteiger partial charge >= 0.3 is 0 Å². The minimum atomic E-state index is 0.412. The van der Waals surface area contributed by atoms with E-state index < -0.39 is 0 Å². The number of hydrogen-bond acceptors (Lipinski definition) is 1. The van der Waals surface area contributed by atoms with E-state index >= 15 is 0 Å². The molecule has 1 saturated carbocycles. The number of hydrogen-bond donors (Lipinski definition) is 1. The van der Waals surface area contributed by atoms with E-state index in [-0.39, 0.29) is 0 Å². The maximum absolute atomic E-state index is 3.80. The molecule has 19 heavy (non-hydrogen) atoms. The fourth-order valence-corrected chi connectivity index (χ4v) is 3.75. The number of rotatable bonds is 3. The first-order valence-electron chi connectivity index (χ1n) is 7.44. The van der Waals surface area contributed by atoms with Crippen LogP contribution >= 0.6 is 15.9 Å². The Bertz CT molecular complexity index is 408. The Morgan fingerprint density at radius 1 is 1.21 bits per heavy atom. The van der Waals surface area contributed by atoms with Crippen LogP contribution in [0.2, 0.25) is 0 Å². The minimum absolute atomic E-state index is 0.412. The second-order valence-electron chi connectivity index (χ2n) is 6.87. The quantitative estimate of drug-likeness (QED) is 0.811. The average Bonchev–Trinajstić information content (AvgIpc) is 2.36. The molecule has 2 heteroatoms. The minimum Gasteiger partial charge on any atom is -0.310 e. The summed E-state index contributed by atoms with van der Waals surface area (Å²) in [6.45, 7) is 8.14.